The number of ketones is 1. The van der Waals surface area contributed by atoms with Crippen molar-refractivity contribution >= 4 is 11.6 Å². The highest BCUT2D eigenvalue weighted by atomic mass is 16.5. The Hall–Kier alpha value is -2.82. The van der Waals surface area contributed by atoms with E-state index in [1.165, 1.54) is 13.2 Å². The Morgan fingerprint density at radius 2 is 2.05 bits per heavy atom. The van der Waals surface area contributed by atoms with Gasteiger partial charge < -0.3 is 14.8 Å². The molecule has 1 heterocycles. The normalized spacial score (nSPS) is 10.4. The Morgan fingerprint density at radius 1 is 1.19 bits per heavy atom. The second kappa shape index (κ2) is 7.09. The summed E-state index contributed by atoms with van der Waals surface area (Å²) in [7, 11) is 3.08. The molecule has 0 spiro atoms. The molecule has 1 N–H and O–H groups in total. The van der Waals surface area contributed by atoms with Crippen molar-refractivity contribution in [2.45, 2.75) is 0 Å². The zero-order valence-electron chi connectivity index (χ0n) is 11.9. The van der Waals surface area contributed by atoms with Crippen molar-refractivity contribution in [3.8, 4) is 11.5 Å². The fourth-order valence-corrected chi connectivity index (χ4v) is 1.74. The van der Waals surface area contributed by atoms with Crippen LogP contribution in [0, 0.1) is 0 Å². The number of ether oxygens (including phenoxy) is 2. The Balaban J connectivity index is 2.09. The second-order valence-electron chi connectivity index (χ2n) is 4.12. The molecule has 0 aliphatic heterocycles. The van der Waals surface area contributed by atoms with Crippen molar-refractivity contribution in [3.05, 3.63) is 60.4 Å². The van der Waals surface area contributed by atoms with Gasteiger partial charge in [-0.2, -0.15) is 0 Å². The van der Waals surface area contributed by atoms with Gasteiger partial charge in [-0.3, -0.25) is 4.79 Å². The van der Waals surface area contributed by atoms with Gasteiger partial charge in [0, 0.05) is 24.5 Å². The molecule has 0 atom stereocenters. The molecular formula is C16H16N2O3. The number of pyridine rings is 1. The molecule has 0 saturated heterocycles. The SMILES string of the molecule is COc1ccc(C(=O)C=CNc2ccccn2)c(OC)c1. The quantitative estimate of drug-likeness (QED) is 0.653. The molecule has 108 valence electrons. The summed E-state index contributed by atoms with van der Waals surface area (Å²) in [4.78, 5) is 16.2. The first kappa shape index (κ1) is 14.6. The molecule has 0 fully saturated rings. The summed E-state index contributed by atoms with van der Waals surface area (Å²) in [5.41, 5.74) is 0.470. The minimum absolute atomic E-state index is 0.169. The van der Waals surface area contributed by atoms with Crippen LogP contribution >= 0.6 is 0 Å². The number of aromatic nitrogens is 1. The van der Waals surface area contributed by atoms with Gasteiger partial charge in [0.05, 0.1) is 19.8 Å². The third kappa shape index (κ3) is 3.82. The van der Waals surface area contributed by atoms with E-state index in [9.17, 15) is 4.79 Å². The smallest absolute Gasteiger partial charge is 0.191 e. The van der Waals surface area contributed by atoms with E-state index in [1.54, 1.807) is 37.7 Å². The van der Waals surface area contributed by atoms with Crippen LogP contribution in [0.15, 0.2) is 54.9 Å². The zero-order valence-corrected chi connectivity index (χ0v) is 11.9. The molecule has 0 saturated carbocycles. The first-order chi connectivity index (χ1) is 10.2. The fraction of sp³-hybridized carbons (Fsp3) is 0.125. The lowest BCUT2D eigenvalue weighted by atomic mass is 10.1. The third-order valence-corrected chi connectivity index (χ3v) is 2.80. The lowest BCUT2D eigenvalue weighted by Gasteiger charge is -2.08. The molecule has 5 nitrogen and oxygen atoms in total. The minimum Gasteiger partial charge on any atom is -0.497 e. The molecule has 1 aromatic heterocycles. The molecule has 5 heteroatoms. The molecule has 0 bridgehead atoms. The van der Waals surface area contributed by atoms with Crippen LogP contribution in [0.25, 0.3) is 0 Å². The van der Waals surface area contributed by atoms with Gasteiger partial charge >= 0.3 is 0 Å². The molecule has 0 aliphatic carbocycles. The van der Waals surface area contributed by atoms with Crippen LogP contribution in [-0.2, 0) is 0 Å². The van der Waals surface area contributed by atoms with Crippen molar-refractivity contribution < 1.29 is 14.3 Å². The van der Waals surface area contributed by atoms with E-state index in [-0.39, 0.29) is 5.78 Å². The van der Waals surface area contributed by atoms with E-state index < -0.39 is 0 Å². The highest BCUT2D eigenvalue weighted by molar-refractivity contribution is 6.06. The molecule has 21 heavy (non-hydrogen) atoms. The van der Waals surface area contributed by atoms with Gasteiger partial charge in [-0.15, -0.1) is 0 Å². The molecule has 0 amide bonds. The summed E-state index contributed by atoms with van der Waals surface area (Å²) in [6.07, 6.45) is 4.65. The molecule has 0 aliphatic rings. The largest absolute Gasteiger partial charge is 0.497 e. The summed E-state index contributed by atoms with van der Waals surface area (Å²) in [6, 6.07) is 10.6. The van der Waals surface area contributed by atoms with E-state index in [2.05, 4.69) is 10.3 Å². The standard InChI is InChI=1S/C16H16N2O3/c1-20-12-6-7-13(15(11-12)21-2)14(19)8-10-18-16-5-3-4-9-17-16/h3-11H,1-2H3,(H,17,18). The highest BCUT2D eigenvalue weighted by Crippen LogP contribution is 2.25. The average Bonchev–Trinajstić information content (AvgIpc) is 2.55. The number of carbonyl (C=O) groups is 1. The van der Waals surface area contributed by atoms with E-state index in [1.807, 2.05) is 18.2 Å². The maximum atomic E-state index is 12.1. The predicted octanol–water partition coefficient (Wildman–Crippen LogP) is 2.91. The summed E-state index contributed by atoms with van der Waals surface area (Å²) >= 11 is 0. The molecule has 0 radical (unpaired) electrons. The number of allylic oxidation sites excluding steroid dienone is 1. The van der Waals surface area contributed by atoms with E-state index in [0.717, 1.165) is 0 Å². The van der Waals surface area contributed by atoms with Crippen LogP contribution in [-0.4, -0.2) is 25.0 Å². The van der Waals surface area contributed by atoms with Crippen LogP contribution in [0.1, 0.15) is 10.4 Å². The van der Waals surface area contributed by atoms with Crippen LogP contribution < -0.4 is 14.8 Å². The third-order valence-electron chi connectivity index (χ3n) is 2.80. The summed E-state index contributed by atoms with van der Waals surface area (Å²) in [6.45, 7) is 0. The zero-order chi connectivity index (χ0) is 15.1. The number of anilines is 1. The number of methoxy groups -OCH3 is 2. The van der Waals surface area contributed by atoms with Crippen LogP contribution in [0.5, 0.6) is 11.5 Å². The van der Waals surface area contributed by atoms with E-state index >= 15 is 0 Å². The van der Waals surface area contributed by atoms with Gasteiger partial charge in [0.15, 0.2) is 5.78 Å². The van der Waals surface area contributed by atoms with Crippen molar-refractivity contribution in [3.63, 3.8) is 0 Å². The van der Waals surface area contributed by atoms with Crippen molar-refractivity contribution in [2.24, 2.45) is 0 Å². The Bertz CT molecular complexity index is 639. The summed E-state index contributed by atoms with van der Waals surface area (Å²) < 4.78 is 10.3. The molecular weight excluding hydrogens is 268 g/mol. The van der Waals surface area contributed by atoms with Gasteiger partial charge in [-0.25, -0.2) is 4.98 Å². The maximum absolute atomic E-state index is 12.1. The van der Waals surface area contributed by atoms with E-state index in [4.69, 9.17) is 9.47 Å². The Kier molecular flexibility index (Phi) is 4.93. The van der Waals surface area contributed by atoms with Gasteiger partial charge in [0.2, 0.25) is 0 Å². The minimum atomic E-state index is -0.169. The number of nitrogens with zero attached hydrogens (tertiary/aromatic N) is 1. The molecule has 0 unspecified atom stereocenters. The lowest BCUT2D eigenvalue weighted by molar-refractivity contribution is 0.104. The number of nitrogens with one attached hydrogen (secondary N) is 1. The van der Waals surface area contributed by atoms with Gasteiger partial charge in [-0.05, 0) is 24.3 Å². The fourth-order valence-electron chi connectivity index (χ4n) is 1.74. The predicted molar refractivity (Wildman–Crippen MR) is 80.9 cm³/mol. The summed E-state index contributed by atoms with van der Waals surface area (Å²) in [5, 5.41) is 2.93. The Morgan fingerprint density at radius 3 is 2.71 bits per heavy atom. The Labute approximate surface area is 123 Å². The first-order valence-electron chi connectivity index (χ1n) is 6.35. The lowest BCUT2D eigenvalue weighted by Crippen LogP contribution is -2.01. The van der Waals surface area contributed by atoms with Crippen molar-refractivity contribution in [1.82, 2.24) is 4.98 Å². The average molecular weight is 284 g/mol. The van der Waals surface area contributed by atoms with Crippen LogP contribution in [0.4, 0.5) is 5.82 Å². The second-order valence-corrected chi connectivity index (χ2v) is 4.12. The van der Waals surface area contributed by atoms with Gasteiger partial charge in [0.25, 0.3) is 0 Å². The topological polar surface area (TPSA) is 60.5 Å². The number of rotatable bonds is 6. The van der Waals surface area contributed by atoms with Crippen LogP contribution in [0.3, 0.4) is 0 Å². The van der Waals surface area contributed by atoms with Crippen molar-refractivity contribution in [1.29, 1.82) is 0 Å². The van der Waals surface area contributed by atoms with E-state index in [0.29, 0.717) is 22.9 Å². The van der Waals surface area contributed by atoms with Gasteiger partial charge in [-0.1, -0.05) is 6.07 Å². The number of benzene rings is 1. The summed E-state index contributed by atoms with van der Waals surface area (Å²) in [5.74, 6) is 1.61. The number of carbonyl (C=O) groups excluding carboxylic acids is 1. The number of hydrogen-bond acceptors (Lipinski definition) is 5. The molecule has 1 aromatic carbocycles. The molecule has 2 aromatic rings. The first-order valence-corrected chi connectivity index (χ1v) is 6.35. The van der Waals surface area contributed by atoms with Gasteiger partial charge in [0.1, 0.15) is 17.3 Å². The van der Waals surface area contributed by atoms with Crippen molar-refractivity contribution in [2.75, 3.05) is 19.5 Å². The monoisotopic (exact) mass is 284 g/mol. The molecule has 2 rings (SSSR count). The van der Waals surface area contributed by atoms with Crippen LogP contribution in [0.2, 0.25) is 0 Å². The number of hydrogen-bond donors (Lipinski definition) is 1. The highest BCUT2D eigenvalue weighted by Gasteiger charge is 2.10. The maximum Gasteiger partial charge on any atom is 0.191 e.